The first-order valence-corrected chi connectivity index (χ1v) is 10.9. The Morgan fingerprint density at radius 1 is 0.633 bits per heavy atom. The molecular formula is C29H20O. The Morgan fingerprint density at radius 3 is 2.00 bits per heavy atom. The van der Waals surface area contributed by atoms with E-state index in [0.29, 0.717) is 0 Å². The van der Waals surface area contributed by atoms with Crippen molar-refractivity contribution in [2.75, 3.05) is 0 Å². The van der Waals surface area contributed by atoms with Crippen molar-refractivity contribution >= 4 is 33.3 Å². The van der Waals surface area contributed by atoms with E-state index in [-0.39, 0.29) is 5.78 Å². The minimum absolute atomic E-state index is 0.189. The quantitative estimate of drug-likeness (QED) is 0.494. The molecule has 0 N–H and O–H groups in total. The molecule has 30 heavy (non-hydrogen) atoms. The molecule has 0 unspecified atom stereocenters. The van der Waals surface area contributed by atoms with Gasteiger partial charge in [0.2, 0.25) is 0 Å². The van der Waals surface area contributed by atoms with Gasteiger partial charge in [0.05, 0.1) is 0 Å². The number of benzene rings is 3. The van der Waals surface area contributed by atoms with E-state index in [4.69, 9.17) is 0 Å². The number of carbonyl (C=O) groups is 1. The molecule has 1 nitrogen and oxygen atoms in total. The highest BCUT2D eigenvalue weighted by atomic mass is 16.1. The Bertz CT molecular complexity index is 1410. The number of rotatable bonds is 2. The molecule has 3 aromatic rings. The summed E-state index contributed by atoms with van der Waals surface area (Å²) >= 11 is 0. The van der Waals surface area contributed by atoms with Crippen LogP contribution in [0.4, 0.5) is 0 Å². The van der Waals surface area contributed by atoms with Gasteiger partial charge in [-0.05, 0) is 69.8 Å². The minimum Gasteiger partial charge on any atom is -0.289 e. The summed E-state index contributed by atoms with van der Waals surface area (Å²) in [5.41, 5.74) is 11.8. The standard InChI is InChI=1S/C29H20O/c30-29-24(17-7-3-1-4-8-17)27-21-15-13-19-11-12-20-14-16-22(26(21)23(19)20)28(27)25(29)18-9-5-2-6-10-18/h1-5,7-9,13-16H,6,10-12H2. The molecule has 4 aliphatic rings. The SMILES string of the molecule is O=C1C(C2=CC=CCC2)=C2C(=C1c1ccccc1)c1ccc3c4c(ccc2c14)CC3. The summed E-state index contributed by atoms with van der Waals surface area (Å²) in [6.07, 6.45) is 10.6. The van der Waals surface area contributed by atoms with Crippen LogP contribution in [-0.2, 0) is 17.6 Å². The van der Waals surface area contributed by atoms with Crippen LogP contribution in [0.1, 0.15) is 40.7 Å². The summed E-state index contributed by atoms with van der Waals surface area (Å²) in [5, 5.41) is 2.81. The molecule has 0 saturated carbocycles. The third-order valence-electron chi connectivity index (χ3n) is 7.14. The summed E-state index contributed by atoms with van der Waals surface area (Å²) in [4.78, 5) is 13.9. The first kappa shape index (κ1) is 16.4. The van der Waals surface area contributed by atoms with Crippen LogP contribution in [0.15, 0.2) is 84.0 Å². The number of carbonyl (C=O) groups excluding carboxylic acids is 1. The summed E-state index contributed by atoms with van der Waals surface area (Å²) in [6, 6.07) is 19.4. The lowest BCUT2D eigenvalue weighted by molar-refractivity contribution is -0.110. The minimum atomic E-state index is 0.189. The fourth-order valence-electron chi connectivity index (χ4n) is 5.88. The fraction of sp³-hybridized carbons (Fsp3) is 0.138. The van der Waals surface area contributed by atoms with Gasteiger partial charge in [0.25, 0.3) is 0 Å². The average molecular weight is 384 g/mol. The molecule has 0 saturated heterocycles. The molecule has 0 fully saturated rings. The van der Waals surface area contributed by atoms with Crippen LogP contribution in [0.3, 0.4) is 0 Å². The second-order valence-corrected chi connectivity index (χ2v) is 8.65. The van der Waals surface area contributed by atoms with Gasteiger partial charge in [-0.2, -0.15) is 0 Å². The average Bonchev–Trinajstić information content (AvgIpc) is 3.44. The van der Waals surface area contributed by atoms with E-state index >= 15 is 0 Å². The molecule has 0 spiro atoms. The van der Waals surface area contributed by atoms with E-state index in [1.807, 2.05) is 18.2 Å². The van der Waals surface area contributed by atoms with Gasteiger partial charge in [-0.3, -0.25) is 4.79 Å². The molecule has 0 aliphatic heterocycles. The Morgan fingerprint density at radius 2 is 1.33 bits per heavy atom. The van der Waals surface area contributed by atoms with Crippen molar-refractivity contribution in [3.8, 4) is 0 Å². The highest BCUT2D eigenvalue weighted by molar-refractivity contribution is 6.51. The third kappa shape index (κ3) is 1.95. The maximum Gasteiger partial charge on any atom is 0.195 e. The summed E-state index contributed by atoms with van der Waals surface area (Å²) in [6.45, 7) is 0. The van der Waals surface area contributed by atoms with Crippen molar-refractivity contribution in [1.82, 2.24) is 0 Å². The second kappa shape index (κ2) is 5.79. The van der Waals surface area contributed by atoms with Crippen molar-refractivity contribution in [3.05, 3.63) is 112 Å². The van der Waals surface area contributed by atoms with Crippen molar-refractivity contribution in [1.29, 1.82) is 0 Å². The van der Waals surface area contributed by atoms with Crippen LogP contribution in [0, 0.1) is 0 Å². The van der Waals surface area contributed by atoms with Crippen LogP contribution < -0.4 is 0 Å². The number of hydrogen-bond donors (Lipinski definition) is 0. The zero-order valence-electron chi connectivity index (χ0n) is 16.7. The van der Waals surface area contributed by atoms with E-state index in [1.165, 1.54) is 44.2 Å². The van der Waals surface area contributed by atoms with E-state index in [2.05, 4.69) is 54.6 Å². The molecule has 0 bridgehead atoms. The largest absolute Gasteiger partial charge is 0.289 e. The predicted octanol–water partition coefficient (Wildman–Crippen LogP) is 6.48. The molecule has 3 aromatic carbocycles. The molecule has 4 aliphatic carbocycles. The van der Waals surface area contributed by atoms with E-state index in [1.54, 1.807) is 0 Å². The van der Waals surface area contributed by atoms with E-state index in [9.17, 15) is 4.79 Å². The lowest BCUT2D eigenvalue weighted by Gasteiger charge is -2.13. The lowest BCUT2D eigenvalue weighted by atomic mass is 9.89. The third-order valence-corrected chi connectivity index (χ3v) is 7.14. The number of fused-ring (bicyclic) bond motifs is 3. The van der Waals surface area contributed by atoms with Crippen LogP contribution in [0.5, 0.6) is 0 Å². The highest BCUT2D eigenvalue weighted by Crippen LogP contribution is 2.57. The molecular weight excluding hydrogens is 364 g/mol. The zero-order chi connectivity index (χ0) is 19.8. The van der Waals surface area contributed by atoms with Gasteiger partial charge in [-0.1, -0.05) is 72.8 Å². The number of hydrogen-bond acceptors (Lipinski definition) is 1. The van der Waals surface area contributed by atoms with Crippen molar-refractivity contribution in [3.63, 3.8) is 0 Å². The smallest absolute Gasteiger partial charge is 0.195 e. The monoisotopic (exact) mass is 384 g/mol. The van der Waals surface area contributed by atoms with Crippen LogP contribution in [0.25, 0.3) is 27.5 Å². The molecule has 0 heterocycles. The number of ketones is 1. The van der Waals surface area contributed by atoms with Crippen LogP contribution in [-0.4, -0.2) is 5.78 Å². The Labute approximate surface area is 175 Å². The Hall–Kier alpha value is -3.45. The second-order valence-electron chi connectivity index (χ2n) is 8.65. The summed E-state index contributed by atoms with van der Waals surface area (Å²) in [5.74, 6) is 0.189. The molecule has 7 rings (SSSR count). The summed E-state index contributed by atoms with van der Waals surface area (Å²) < 4.78 is 0. The first-order valence-electron chi connectivity index (χ1n) is 10.9. The molecule has 0 radical (unpaired) electrons. The molecule has 0 atom stereocenters. The number of Topliss-reactive ketones (excluding diaryl/α,β-unsaturated/α-hetero) is 1. The predicted molar refractivity (Wildman–Crippen MR) is 123 cm³/mol. The van der Waals surface area contributed by atoms with Crippen molar-refractivity contribution < 1.29 is 4.79 Å². The van der Waals surface area contributed by atoms with E-state index < -0.39 is 0 Å². The topological polar surface area (TPSA) is 17.1 Å². The maximum atomic E-state index is 13.9. The zero-order valence-corrected chi connectivity index (χ0v) is 16.7. The van der Waals surface area contributed by atoms with Crippen LogP contribution >= 0.6 is 0 Å². The van der Waals surface area contributed by atoms with E-state index in [0.717, 1.165) is 48.0 Å². The molecule has 142 valence electrons. The number of aryl methyl sites for hydroxylation is 2. The van der Waals surface area contributed by atoms with Gasteiger partial charge in [-0.25, -0.2) is 0 Å². The molecule has 1 heteroatoms. The fourth-order valence-corrected chi connectivity index (χ4v) is 5.88. The van der Waals surface area contributed by atoms with Gasteiger partial charge in [0.1, 0.15) is 0 Å². The number of allylic oxidation sites excluding steroid dienone is 8. The Balaban J connectivity index is 1.63. The summed E-state index contributed by atoms with van der Waals surface area (Å²) in [7, 11) is 0. The lowest BCUT2D eigenvalue weighted by Crippen LogP contribution is -2.06. The van der Waals surface area contributed by atoms with Gasteiger partial charge >= 0.3 is 0 Å². The van der Waals surface area contributed by atoms with Gasteiger partial charge in [0, 0.05) is 22.3 Å². The highest BCUT2D eigenvalue weighted by Gasteiger charge is 2.41. The molecule has 0 amide bonds. The van der Waals surface area contributed by atoms with Crippen molar-refractivity contribution in [2.24, 2.45) is 0 Å². The first-order chi connectivity index (χ1) is 14.8. The van der Waals surface area contributed by atoms with Gasteiger partial charge < -0.3 is 0 Å². The van der Waals surface area contributed by atoms with Crippen molar-refractivity contribution in [2.45, 2.75) is 25.7 Å². The van der Waals surface area contributed by atoms with Crippen LogP contribution in [0.2, 0.25) is 0 Å². The van der Waals surface area contributed by atoms with Gasteiger partial charge in [-0.15, -0.1) is 0 Å². The molecule has 0 aromatic heterocycles. The Kier molecular flexibility index (Phi) is 3.16. The maximum absolute atomic E-state index is 13.9. The normalized spacial score (nSPS) is 18.7. The van der Waals surface area contributed by atoms with Gasteiger partial charge in [0.15, 0.2) is 5.78 Å².